The van der Waals surface area contributed by atoms with Crippen LogP contribution in [0.4, 0.5) is 5.82 Å². The van der Waals surface area contributed by atoms with Crippen molar-refractivity contribution in [3.8, 4) is 11.4 Å². The number of amides is 2. The minimum atomic E-state index is -0.597. The first kappa shape index (κ1) is 19.8. The van der Waals surface area contributed by atoms with Crippen LogP contribution in [0.2, 0.25) is 0 Å². The second kappa shape index (κ2) is 8.10. The quantitative estimate of drug-likeness (QED) is 0.781. The molecule has 3 heterocycles. The van der Waals surface area contributed by atoms with E-state index in [1.165, 1.54) is 0 Å². The fourth-order valence-electron chi connectivity index (χ4n) is 4.19. The molecule has 2 aromatic rings. The van der Waals surface area contributed by atoms with Gasteiger partial charge in [0.25, 0.3) is 0 Å². The van der Waals surface area contributed by atoms with Crippen LogP contribution in [-0.2, 0) is 21.1 Å². The number of benzene rings is 1. The number of likely N-dealkylation sites (tertiary alicyclic amines) is 1. The number of carbonyl (C=O) groups is 2. The molecule has 1 saturated heterocycles. The summed E-state index contributed by atoms with van der Waals surface area (Å²) >= 11 is 1.76. The highest BCUT2D eigenvalue weighted by Crippen LogP contribution is 2.36. The first-order chi connectivity index (χ1) is 14.0. The highest BCUT2D eigenvalue weighted by atomic mass is 32.2. The zero-order valence-corrected chi connectivity index (χ0v) is 17.8. The third-order valence-corrected chi connectivity index (χ3v) is 6.42. The van der Waals surface area contributed by atoms with E-state index in [0.717, 1.165) is 40.6 Å². The number of hydrogen-bond donors (Lipinski definition) is 1. The van der Waals surface area contributed by atoms with Crippen molar-refractivity contribution < 1.29 is 14.3 Å². The molecule has 2 atom stereocenters. The van der Waals surface area contributed by atoms with Gasteiger partial charge in [-0.1, -0.05) is 13.8 Å². The fraction of sp³-hybridized carbons (Fsp3) is 0.476. The number of fused-ring (bicyclic) bond motifs is 1. The van der Waals surface area contributed by atoms with Crippen molar-refractivity contribution in [2.24, 2.45) is 11.8 Å². The van der Waals surface area contributed by atoms with E-state index in [2.05, 4.69) is 24.3 Å². The van der Waals surface area contributed by atoms with Crippen molar-refractivity contribution in [3.63, 3.8) is 0 Å². The fourth-order valence-corrected chi connectivity index (χ4v) is 5.22. The number of ether oxygens (including phenoxy) is 1. The van der Waals surface area contributed by atoms with Gasteiger partial charge in [-0.05, 0) is 42.5 Å². The Morgan fingerprint density at radius 2 is 1.83 bits per heavy atom. The Labute approximate surface area is 174 Å². The molecule has 4 rings (SSSR count). The largest absolute Gasteiger partial charge is 0.497 e. The smallest absolute Gasteiger partial charge is 0.315 e. The van der Waals surface area contributed by atoms with Gasteiger partial charge in [0.15, 0.2) is 0 Å². The van der Waals surface area contributed by atoms with Crippen LogP contribution in [0.1, 0.15) is 31.5 Å². The second-order valence-corrected chi connectivity index (χ2v) is 8.97. The Kier molecular flexibility index (Phi) is 5.54. The second-order valence-electron chi connectivity index (χ2n) is 7.99. The predicted molar refractivity (Wildman–Crippen MR) is 113 cm³/mol. The molecule has 0 spiro atoms. The van der Waals surface area contributed by atoms with E-state index >= 15 is 0 Å². The molecule has 1 fully saturated rings. The Bertz CT molecular complexity index is 915. The number of methoxy groups -OCH3 is 1. The molecule has 0 saturated carbocycles. The summed E-state index contributed by atoms with van der Waals surface area (Å²) in [5.41, 5.74) is 2.76. The zero-order chi connectivity index (χ0) is 20.5. The number of piperidine rings is 1. The monoisotopic (exact) mass is 414 g/mol. The van der Waals surface area contributed by atoms with Gasteiger partial charge in [-0.2, -0.15) is 16.9 Å². The van der Waals surface area contributed by atoms with Crippen LogP contribution in [0.25, 0.3) is 5.69 Å². The van der Waals surface area contributed by atoms with Crippen LogP contribution in [0.5, 0.6) is 5.75 Å². The maximum Gasteiger partial charge on any atom is 0.315 e. The molecule has 2 amide bonds. The van der Waals surface area contributed by atoms with Gasteiger partial charge < -0.3 is 15.0 Å². The topological polar surface area (TPSA) is 76.5 Å². The number of rotatable bonds is 3. The van der Waals surface area contributed by atoms with Gasteiger partial charge in [-0.15, -0.1) is 0 Å². The Balaban J connectivity index is 1.59. The Hall–Kier alpha value is -2.48. The summed E-state index contributed by atoms with van der Waals surface area (Å²) in [7, 11) is 1.62. The molecule has 7 nitrogen and oxygen atoms in total. The number of hydrogen-bond acceptors (Lipinski definition) is 5. The molecule has 2 aliphatic rings. The lowest BCUT2D eigenvalue weighted by Gasteiger charge is -2.34. The van der Waals surface area contributed by atoms with Crippen LogP contribution in [0, 0.1) is 11.8 Å². The van der Waals surface area contributed by atoms with Crippen molar-refractivity contribution in [2.45, 2.75) is 31.8 Å². The van der Waals surface area contributed by atoms with E-state index in [9.17, 15) is 9.59 Å². The summed E-state index contributed by atoms with van der Waals surface area (Å²) in [6.07, 6.45) is 1.08. The molecule has 8 heteroatoms. The number of thioether (sulfide) groups is 1. The summed E-state index contributed by atoms with van der Waals surface area (Å²) in [6.45, 7) is 5.50. The van der Waals surface area contributed by atoms with Crippen LogP contribution < -0.4 is 10.1 Å². The predicted octanol–water partition coefficient (Wildman–Crippen LogP) is 3.07. The highest BCUT2D eigenvalue weighted by molar-refractivity contribution is 7.98. The van der Waals surface area contributed by atoms with E-state index in [-0.39, 0.29) is 0 Å². The average Bonchev–Trinajstić information content (AvgIpc) is 3.29. The minimum Gasteiger partial charge on any atom is -0.497 e. The lowest BCUT2D eigenvalue weighted by atomic mass is 9.92. The molecule has 0 unspecified atom stereocenters. The first-order valence-corrected chi connectivity index (χ1v) is 11.0. The number of carbonyl (C=O) groups excluding carboxylic acids is 2. The Morgan fingerprint density at radius 1 is 1.14 bits per heavy atom. The van der Waals surface area contributed by atoms with Crippen LogP contribution in [0.3, 0.4) is 0 Å². The molecule has 0 radical (unpaired) electrons. The molecule has 1 aromatic carbocycles. The molecule has 2 aliphatic heterocycles. The van der Waals surface area contributed by atoms with E-state index in [1.54, 1.807) is 28.5 Å². The lowest BCUT2D eigenvalue weighted by Crippen LogP contribution is -2.47. The molecule has 29 heavy (non-hydrogen) atoms. The van der Waals surface area contributed by atoms with Crippen molar-refractivity contribution in [1.82, 2.24) is 14.7 Å². The molecule has 1 aromatic heterocycles. The van der Waals surface area contributed by atoms with Crippen LogP contribution in [0.15, 0.2) is 24.3 Å². The molecule has 0 aliphatic carbocycles. The number of nitrogens with zero attached hydrogens (tertiary/aromatic N) is 3. The maximum atomic E-state index is 12.8. The van der Waals surface area contributed by atoms with E-state index < -0.39 is 11.8 Å². The first-order valence-electron chi connectivity index (χ1n) is 9.89. The van der Waals surface area contributed by atoms with E-state index in [0.29, 0.717) is 30.7 Å². The van der Waals surface area contributed by atoms with E-state index in [4.69, 9.17) is 4.74 Å². The third kappa shape index (κ3) is 3.99. The SMILES string of the molecule is COc1ccc(-n2nc3c(c2NC(=O)C(=O)N2C[C@H](C)C[C@@H](C)C2)CSC3)cc1. The van der Waals surface area contributed by atoms with Crippen molar-refractivity contribution >= 4 is 29.4 Å². The van der Waals surface area contributed by atoms with Gasteiger partial charge in [-0.25, -0.2) is 4.68 Å². The van der Waals surface area contributed by atoms with Gasteiger partial charge in [0.1, 0.15) is 11.6 Å². The standard InChI is InChI=1S/C21H26N4O3S/c1-13-8-14(2)10-24(9-13)21(27)20(26)22-19-17-11-29-12-18(17)23-25(19)15-4-6-16(28-3)7-5-15/h4-7,13-14H,8-12H2,1-3H3,(H,22,26)/t13-,14-/m1/s1. The maximum absolute atomic E-state index is 12.8. The summed E-state index contributed by atoms with van der Waals surface area (Å²) in [4.78, 5) is 27.3. The molecule has 0 bridgehead atoms. The van der Waals surface area contributed by atoms with Gasteiger partial charge >= 0.3 is 11.8 Å². The summed E-state index contributed by atoms with van der Waals surface area (Å²) in [5.74, 6) is 2.65. The molecule has 1 N–H and O–H groups in total. The summed E-state index contributed by atoms with van der Waals surface area (Å²) in [6, 6.07) is 7.48. The highest BCUT2D eigenvalue weighted by Gasteiger charge is 2.31. The van der Waals surface area contributed by atoms with Crippen LogP contribution in [-0.4, -0.2) is 46.7 Å². The minimum absolute atomic E-state index is 0.404. The normalized spacial score (nSPS) is 21.0. The lowest BCUT2D eigenvalue weighted by molar-refractivity contribution is -0.145. The van der Waals surface area contributed by atoms with E-state index in [1.807, 2.05) is 24.3 Å². The number of nitrogens with one attached hydrogen (secondary N) is 1. The Morgan fingerprint density at radius 3 is 2.48 bits per heavy atom. The van der Waals surface area contributed by atoms with Crippen LogP contribution >= 0.6 is 11.8 Å². The van der Waals surface area contributed by atoms with Crippen molar-refractivity contribution in [1.29, 1.82) is 0 Å². The van der Waals surface area contributed by atoms with Gasteiger partial charge in [0.2, 0.25) is 0 Å². The number of aromatic nitrogens is 2. The van der Waals surface area contributed by atoms with Crippen molar-refractivity contribution in [2.75, 3.05) is 25.5 Å². The third-order valence-electron chi connectivity index (χ3n) is 5.45. The molecular weight excluding hydrogens is 388 g/mol. The molecule has 154 valence electrons. The van der Waals surface area contributed by atoms with Crippen molar-refractivity contribution in [3.05, 3.63) is 35.5 Å². The van der Waals surface area contributed by atoms with Gasteiger partial charge in [0.05, 0.1) is 18.5 Å². The summed E-state index contributed by atoms with van der Waals surface area (Å²) in [5, 5.41) is 7.55. The van der Waals surface area contributed by atoms with Gasteiger partial charge in [-0.3, -0.25) is 9.59 Å². The zero-order valence-electron chi connectivity index (χ0n) is 17.0. The number of anilines is 1. The summed E-state index contributed by atoms with van der Waals surface area (Å²) < 4.78 is 6.94. The molecular formula is C21H26N4O3S. The van der Waals surface area contributed by atoms with Gasteiger partial charge in [0, 0.05) is 30.2 Å². The average molecular weight is 415 g/mol.